The van der Waals surface area contributed by atoms with E-state index in [-0.39, 0.29) is 12.0 Å². The van der Waals surface area contributed by atoms with Crippen molar-refractivity contribution in [1.29, 1.82) is 0 Å². The molecule has 2 fully saturated rings. The summed E-state index contributed by atoms with van der Waals surface area (Å²) >= 11 is 0. The molecule has 3 rings (SSSR count). The van der Waals surface area contributed by atoms with Crippen LogP contribution in [-0.2, 0) is 9.47 Å². The fraction of sp³-hybridized carbons (Fsp3) is 0.900. The third kappa shape index (κ3) is 5.30. The van der Waals surface area contributed by atoms with Crippen LogP contribution in [0.5, 0.6) is 0 Å². The van der Waals surface area contributed by atoms with Crippen molar-refractivity contribution < 1.29 is 65.6 Å². The monoisotopic (exact) mass is 497 g/mol. The Balaban J connectivity index is 1.73. The van der Waals surface area contributed by atoms with Gasteiger partial charge in [-0.2, -0.15) is 0 Å². The summed E-state index contributed by atoms with van der Waals surface area (Å²) in [7, 11) is 0. The van der Waals surface area contributed by atoms with Crippen LogP contribution in [0, 0.1) is 5.92 Å². The van der Waals surface area contributed by atoms with E-state index in [9.17, 15) is 56.2 Å². The molecule has 1 heterocycles. The SMILES string of the molecule is OCC1=CC(N[C@@H]2C[C@@H](CO)[C@H](O[C@@H]3O[C@H](CO)[C@@H](O)[C@H](O)[C@H]3O)[C@@H](O)[C@@H]2O)[C@@H](O)[C@H](O)[C@H]1O. The van der Waals surface area contributed by atoms with E-state index in [4.69, 9.17) is 9.47 Å². The molecule has 14 nitrogen and oxygen atoms in total. The van der Waals surface area contributed by atoms with Gasteiger partial charge in [0, 0.05) is 18.6 Å². The maximum atomic E-state index is 10.7. The van der Waals surface area contributed by atoms with Crippen LogP contribution in [-0.4, -0.2) is 155 Å². The number of rotatable bonds is 7. The Morgan fingerprint density at radius 2 is 1.47 bits per heavy atom. The van der Waals surface area contributed by atoms with Gasteiger partial charge in [-0.1, -0.05) is 6.08 Å². The topological polar surface area (TPSA) is 253 Å². The van der Waals surface area contributed by atoms with Crippen LogP contribution in [0.3, 0.4) is 0 Å². The molecule has 0 radical (unpaired) electrons. The Morgan fingerprint density at radius 1 is 0.794 bits per heavy atom. The average Bonchev–Trinajstić information content (AvgIpc) is 2.83. The maximum Gasteiger partial charge on any atom is 0.187 e. The number of aliphatic hydroxyl groups excluding tert-OH is 11. The van der Waals surface area contributed by atoms with Gasteiger partial charge in [0.1, 0.15) is 48.8 Å². The van der Waals surface area contributed by atoms with Gasteiger partial charge in [0.05, 0.1) is 31.5 Å². The number of hydrogen-bond acceptors (Lipinski definition) is 14. The molecule has 12 N–H and O–H groups in total. The van der Waals surface area contributed by atoms with E-state index in [0.717, 1.165) is 0 Å². The summed E-state index contributed by atoms with van der Waals surface area (Å²) in [5.41, 5.74) is 0.0590. The van der Waals surface area contributed by atoms with Crippen LogP contribution in [0.4, 0.5) is 0 Å². The average molecular weight is 497 g/mol. The Hall–Kier alpha value is -0.820. The van der Waals surface area contributed by atoms with E-state index >= 15 is 0 Å². The van der Waals surface area contributed by atoms with Gasteiger partial charge < -0.3 is 71.0 Å². The van der Waals surface area contributed by atoms with E-state index in [1.807, 2.05) is 0 Å². The minimum atomic E-state index is -1.75. The summed E-state index contributed by atoms with van der Waals surface area (Å²) < 4.78 is 10.9. The molecule has 14 atom stereocenters. The molecule has 198 valence electrons. The minimum absolute atomic E-state index is 0.0129. The van der Waals surface area contributed by atoms with Gasteiger partial charge in [-0.3, -0.25) is 0 Å². The number of ether oxygens (including phenoxy) is 2. The third-order valence-electron chi connectivity index (χ3n) is 6.90. The second kappa shape index (κ2) is 11.5. The fourth-order valence-electron chi connectivity index (χ4n) is 4.77. The highest BCUT2D eigenvalue weighted by Gasteiger charge is 2.50. The van der Waals surface area contributed by atoms with Gasteiger partial charge in [0.2, 0.25) is 0 Å². The smallest absolute Gasteiger partial charge is 0.187 e. The van der Waals surface area contributed by atoms with E-state index in [0.29, 0.717) is 0 Å². The normalized spacial score (nSPS) is 50.1. The van der Waals surface area contributed by atoms with Crippen molar-refractivity contribution in [1.82, 2.24) is 5.32 Å². The third-order valence-corrected chi connectivity index (χ3v) is 6.90. The summed E-state index contributed by atoms with van der Waals surface area (Å²) in [5.74, 6) is -0.833. The fourth-order valence-corrected chi connectivity index (χ4v) is 4.77. The molecule has 1 aliphatic heterocycles. The van der Waals surface area contributed by atoms with Gasteiger partial charge in [-0.05, 0) is 12.0 Å². The molecular formula is C20H35NO13. The lowest BCUT2D eigenvalue weighted by Crippen LogP contribution is -2.66. The molecule has 2 aliphatic carbocycles. The molecule has 0 aromatic rings. The summed E-state index contributed by atoms with van der Waals surface area (Å²) in [6.45, 7) is -1.80. The summed E-state index contributed by atoms with van der Waals surface area (Å²) in [6, 6.07) is -1.94. The first-order valence-electron chi connectivity index (χ1n) is 11.1. The zero-order valence-electron chi connectivity index (χ0n) is 18.2. The van der Waals surface area contributed by atoms with Gasteiger partial charge >= 0.3 is 0 Å². The second-order valence-electron chi connectivity index (χ2n) is 9.08. The van der Waals surface area contributed by atoms with Crippen LogP contribution < -0.4 is 5.32 Å². The second-order valence-corrected chi connectivity index (χ2v) is 9.08. The molecule has 1 saturated carbocycles. The first-order chi connectivity index (χ1) is 16.0. The quantitative estimate of drug-likeness (QED) is 0.146. The summed E-state index contributed by atoms with van der Waals surface area (Å²) in [5, 5.41) is 113. The molecule has 0 spiro atoms. The van der Waals surface area contributed by atoms with Crippen molar-refractivity contribution in [3.05, 3.63) is 11.6 Å². The highest BCUT2D eigenvalue weighted by atomic mass is 16.7. The molecule has 0 aromatic heterocycles. The van der Waals surface area contributed by atoms with E-state index in [2.05, 4.69) is 5.32 Å². The first-order valence-corrected chi connectivity index (χ1v) is 11.1. The van der Waals surface area contributed by atoms with Crippen molar-refractivity contribution in [2.45, 2.75) is 85.8 Å². The van der Waals surface area contributed by atoms with E-state index in [1.54, 1.807) is 0 Å². The molecule has 3 aliphatic rings. The highest BCUT2D eigenvalue weighted by molar-refractivity contribution is 5.22. The molecule has 0 amide bonds. The standard InChI is InChI=1S/C20H35NO13/c22-3-6-1-8(12(26)15(29)11(6)25)21-9-2-7(4-23)19(17(31)13(9)27)34-20-18(32)16(30)14(28)10(5-24)33-20/h1,7-32H,2-5H2/t7-,8?,9+,10+,11-,12+,13+,14+,15+,16-,17-,18+,19-,20-/m0/s1. The lowest BCUT2D eigenvalue weighted by atomic mass is 9.78. The van der Waals surface area contributed by atoms with E-state index in [1.165, 1.54) is 6.08 Å². The number of nitrogens with one attached hydrogen (secondary N) is 1. The number of aliphatic hydroxyl groups is 11. The Labute approximate surface area is 194 Å². The Bertz CT molecular complexity index is 693. The van der Waals surface area contributed by atoms with Crippen LogP contribution >= 0.6 is 0 Å². The lowest BCUT2D eigenvalue weighted by Gasteiger charge is -2.47. The highest BCUT2D eigenvalue weighted by Crippen LogP contribution is 2.33. The van der Waals surface area contributed by atoms with Gasteiger partial charge in [0.15, 0.2) is 6.29 Å². The zero-order valence-corrected chi connectivity index (χ0v) is 18.2. The predicted octanol–water partition coefficient (Wildman–Crippen LogP) is -6.75. The molecule has 1 saturated heterocycles. The molecule has 14 heteroatoms. The molecule has 0 bridgehead atoms. The minimum Gasteiger partial charge on any atom is -0.396 e. The Kier molecular flexibility index (Phi) is 9.38. The van der Waals surface area contributed by atoms with Crippen LogP contribution in [0.2, 0.25) is 0 Å². The van der Waals surface area contributed by atoms with Gasteiger partial charge in [0.25, 0.3) is 0 Å². The molecule has 0 aromatic carbocycles. The first kappa shape index (κ1) is 27.8. The van der Waals surface area contributed by atoms with Crippen LogP contribution in [0.15, 0.2) is 11.6 Å². The van der Waals surface area contributed by atoms with Crippen LogP contribution in [0.25, 0.3) is 0 Å². The van der Waals surface area contributed by atoms with Crippen LogP contribution in [0.1, 0.15) is 6.42 Å². The molecule has 1 unspecified atom stereocenters. The molecular weight excluding hydrogens is 462 g/mol. The number of hydrogen-bond donors (Lipinski definition) is 12. The lowest BCUT2D eigenvalue weighted by molar-refractivity contribution is -0.328. The van der Waals surface area contributed by atoms with Gasteiger partial charge in [-0.15, -0.1) is 0 Å². The van der Waals surface area contributed by atoms with Crippen molar-refractivity contribution in [2.75, 3.05) is 19.8 Å². The van der Waals surface area contributed by atoms with E-state index < -0.39 is 105 Å². The predicted molar refractivity (Wildman–Crippen MR) is 110 cm³/mol. The Morgan fingerprint density at radius 3 is 2.06 bits per heavy atom. The summed E-state index contributed by atoms with van der Waals surface area (Å²) in [6.07, 6.45) is -15.7. The van der Waals surface area contributed by atoms with Crippen molar-refractivity contribution in [3.8, 4) is 0 Å². The van der Waals surface area contributed by atoms with Crippen molar-refractivity contribution >= 4 is 0 Å². The maximum absolute atomic E-state index is 10.7. The summed E-state index contributed by atoms with van der Waals surface area (Å²) in [4.78, 5) is 0. The largest absolute Gasteiger partial charge is 0.396 e. The van der Waals surface area contributed by atoms with Crippen molar-refractivity contribution in [2.24, 2.45) is 5.92 Å². The van der Waals surface area contributed by atoms with Crippen molar-refractivity contribution in [3.63, 3.8) is 0 Å². The van der Waals surface area contributed by atoms with Gasteiger partial charge in [-0.25, -0.2) is 0 Å². The zero-order chi connectivity index (χ0) is 25.3. The molecule has 34 heavy (non-hydrogen) atoms.